The zero-order valence-corrected chi connectivity index (χ0v) is 14.4. The number of anilines is 2. The number of hydrogen-bond acceptors (Lipinski definition) is 4. The van der Waals surface area contributed by atoms with E-state index in [0.29, 0.717) is 18.8 Å². The van der Waals surface area contributed by atoms with Crippen molar-refractivity contribution in [2.75, 3.05) is 36.5 Å². The molecule has 6 heteroatoms. The number of para-hydroxylation sites is 2. The van der Waals surface area contributed by atoms with Gasteiger partial charge in [0, 0.05) is 31.5 Å². The van der Waals surface area contributed by atoms with Crippen LogP contribution in [-0.2, 0) is 9.53 Å². The normalized spacial score (nSPS) is 14.1. The van der Waals surface area contributed by atoms with E-state index in [4.69, 9.17) is 4.74 Å². The lowest BCUT2D eigenvalue weighted by Gasteiger charge is -2.30. The van der Waals surface area contributed by atoms with Gasteiger partial charge in [-0.05, 0) is 36.4 Å². The molecule has 136 valence electrons. The molecule has 26 heavy (non-hydrogen) atoms. The van der Waals surface area contributed by atoms with Gasteiger partial charge in [0.2, 0.25) is 5.91 Å². The van der Waals surface area contributed by atoms with Crippen molar-refractivity contribution in [3.8, 4) is 0 Å². The molecule has 2 aromatic rings. The van der Waals surface area contributed by atoms with Gasteiger partial charge in [-0.25, -0.2) is 4.39 Å². The fraction of sp³-hybridized carbons (Fsp3) is 0.300. The Hall–Kier alpha value is -2.73. The van der Waals surface area contributed by atoms with E-state index in [1.54, 1.807) is 0 Å². The summed E-state index contributed by atoms with van der Waals surface area (Å²) in [5.74, 6) is -0.790. The summed E-state index contributed by atoms with van der Waals surface area (Å²) in [4.78, 5) is 26.5. The highest BCUT2D eigenvalue weighted by Gasteiger charge is 2.16. The van der Waals surface area contributed by atoms with Gasteiger partial charge in [0.25, 0.3) is 0 Å². The van der Waals surface area contributed by atoms with Gasteiger partial charge in [0.15, 0.2) is 5.78 Å². The molecule has 0 aromatic heterocycles. The van der Waals surface area contributed by atoms with Crippen LogP contribution in [0.4, 0.5) is 15.8 Å². The number of ether oxygens (including phenoxy) is 1. The summed E-state index contributed by atoms with van der Waals surface area (Å²) < 4.78 is 18.3. The number of nitrogens with zero attached hydrogens (tertiary/aromatic N) is 1. The van der Waals surface area contributed by atoms with E-state index in [1.807, 2.05) is 24.3 Å². The molecule has 0 bridgehead atoms. The molecule has 0 spiro atoms. The first-order valence-corrected chi connectivity index (χ1v) is 8.64. The van der Waals surface area contributed by atoms with E-state index in [-0.39, 0.29) is 30.3 Å². The second-order valence-electron chi connectivity index (χ2n) is 6.09. The Morgan fingerprint density at radius 2 is 1.69 bits per heavy atom. The minimum Gasteiger partial charge on any atom is -0.378 e. The van der Waals surface area contributed by atoms with Crippen molar-refractivity contribution < 1.29 is 18.7 Å². The minimum atomic E-state index is -0.390. The summed E-state index contributed by atoms with van der Waals surface area (Å²) >= 11 is 0. The van der Waals surface area contributed by atoms with Crippen LogP contribution in [0.15, 0.2) is 48.5 Å². The van der Waals surface area contributed by atoms with E-state index in [1.165, 1.54) is 24.3 Å². The Labute approximate surface area is 151 Å². The van der Waals surface area contributed by atoms with E-state index in [9.17, 15) is 14.0 Å². The first kappa shape index (κ1) is 18.1. The fourth-order valence-corrected chi connectivity index (χ4v) is 2.88. The molecule has 0 unspecified atom stereocenters. The summed E-state index contributed by atoms with van der Waals surface area (Å²) in [6.07, 6.45) is 0.158. The highest BCUT2D eigenvalue weighted by atomic mass is 19.1. The molecule has 2 aromatic carbocycles. The molecule has 1 heterocycles. The smallest absolute Gasteiger partial charge is 0.224 e. The van der Waals surface area contributed by atoms with Crippen LogP contribution in [0.25, 0.3) is 0 Å². The predicted molar refractivity (Wildman–Crippen MR) is 98.1 cm³/mol. The van der Waals surface area contributed by atoms with Gasteiger partial charge in [0.1, 0.15) is 5.82 Å². The largest absolute Gasteiger partial charge is 0.378 e. The zero-order valence-electron chi connectivity index (χ0n) is 14.4. The lowest BCUT2D eigenvalue weighted by molar-refractivity contribution is -0.116. The van der Waals surface area contributed by atoms with Crippen LogP contribution in [-0.4, -0.2) is 38.0 Å². The maximum atomic E-state index is 12.9. The molecule has 0 aliphatic carbocycles. The van der Waals surface area contributed by atoms with E-state index < -0.39 is 0 Å². The number of carbonyl (C=O) groups is 2. The maximum absolute atomic E-state index is 12.9. The molecule has 0 atom stereocenters. The number of amides is 1. The van der Waals surface area contributed by atoms with Crippen molar-refractivity contribution in [2.45, 2.75) is 12.8 Å². The molecule has 0 radical (unpaired) electrons. The highest BCUT2D eigenvalue weighted by molar-refractivity contribution is 6.00. The van der Waals surface area contributed by atoms with Crippen LogP contribution in [0.2, 0.25) is 0 Å². The van der Waals surface area contributed by atoms with Crippen molar-refractivity contribution in [1.82, 2.24) is 0 Å². The number of rotatable bonds is 6. The Bertz CT molecular complexity index is 771. The molecule has 1 aliphatic heterocycles. The van der Waals surface area contributed by atoms with Crippen LogP contribution in [0.1, 0.15) is 23.2 Å². The topological polar surface area (TPSA) is 58.6 Å². The van der Waals surface area contributed by atoms with Crippen molar-refractivity contribution in [1.29, 1.82) is 0 Å². The second-order valence-corrected chi connectivity index (χ2v) is 6.09. The van der Waals surface area contributed by atoms with Crippen LogP contribution < -0.4 is 10.2 Å². The SMILES string of the molecule is O=C(CCC(=O)c1ccc(F)cc1)Nc1ccccc1N1CCOCC1. The number of nitrogens with one attached hydrogen (secondary N) is 1. The molecular formula is C20H21FN2O3. The number of hydrogen-bond donors (Lipinski definition) is 1. The van der Waals surface area contributed by atoms with E-state index in [0.717, 1.165) is 24.5 Å². The predicted octanol–water partition coefficient (Wildman–Crippen LogP) is 3.26. The average Bonchev–Trinajstić information content (AvgIpc) is 2.68. The summed E-state index contributed by atoms with van der Waals surface area (Å²) in [7, 11) is 0. The van der Waals surface area contributed by atoms with Crippen molar-refractivity contribution >= 4 is 23.1 Å². The van der Waals surface area contributed by atoms with Crippen molar-refractivity contribution in [3.63, 3.8) is 0 Å². The summed E-state index contributed by atoms with van der Waals surface area (Å²) in [5.41, 5.74) is 2.09. The van der Waals surface area contributed by atoms with Gasteiger partial charge in [0.05, 0.1) is 24.6 Å². The molecule has 1 aliphatic rings. The van der Waals surface area contributed by atoms with Crippen LogP contribution >= 0.6 is 0 Å². The number of benzene rings is 2. The van der Waals surface area contributed by atoms with Gasteiger partial charge in [-0.2, -0.15) is 0 Å². The van der Waals surface area contributed by atoms with E-state index in [2.05, 4.69) is 10.2 Å². The molecular weight excluding hydrogens is 335 g/mol. The third-order valence-corrected chi connectivity index (χ3v) is 4.28. The summed E-state index contributed by atoms with van der Waals surface area (Å²) in [6.45, 7) is 2.87. The Balaban J connectivity index is 1.58. The summed E-state index contributed by atoms with van der Waals surface area (Å²) in [5, 5.41) is 2.89. The second kappa shape index (κ2) is 8.58. The quantitative estimate of drug-likeness (QED) is 0.807. The van der Waals surface area contributed by atoms with Gasteiger partial charge >= 0.3 is 0 Å². The molecule has 1 N–H and O–H groups in total. The van der Waals surface area contributed by atoms with Gasteiger partial charge in [-0.1, -0.05) is 12.1 Å². The third-order valence-electron chi connectivity index (χ3n) is 4.28. The monoisotopic (exact) mass is 356 g/mol. The van der Waals surface area contributed by atoms with E-state index >= 15 is 0 Å². The number of Topliss-reactive ketones (excluding diaryl/α,β-unsaturated/α-hetero) is 1. The van der Waals surface area contributed by atoms with Gasteiger partial charge in [-0.15, -0.1) is 0 Å². The Morgan fingerprint density at radius 3 is 2.42 bits per heavy atom. The lowest BCUT2D eigenvalue weighted by Crippen LogP contribution is -2.36. The van der Waals surface area contributed by atoms with Crippen molar-refractivity contribution in [3.05, 3.63) is 59.9 Å². The lowest BCUT2D eigenvalue weighted by atomic mass is 10.1. The van der Waals surface area contributed by atoms with Crippen LogP contribution in [0.5, 0.6) is 0 Å². The average molecular weight is 356 g/mol. The molecule has 1 fully saturated rings. The molecule has 1 amide bonds. The number of carbonyl (C=O) groups excluding carboxylic acids is 2. The van der Waals surface area contributed by atoms with Crippen LogP contribution in [0, 0.1) is 5.82 Å². The molecule has 3 rings (SSSR count). The third kappa shape index (κ3) is 4.67. The molecule has 1 saturated heterocycles. The number of morpholine rings is 1. The highest BCUT2D eigenvalue weighted by Crippen LogP contribution is 2.26. The first-order valence-electron chi connectivity index (χ1n) is 8.64. The molecule has 0 saturated carbocycles. The Kier molecular flexibility index (Phi) is 5.96. The van der Waals surface area contributed by atoms with Crippen LogP contribution in [0.3, 0.4) is 0 Å². The number of ketones is 1. The standard InChI is InChI=1S/C20H21FN2O3/c21-16-7-5-15(6-8-16)19(24)9-10-20(25)22-17-3-1-2-4-18(17)23-11-13-26-14-12-23/h1-8H,9-14H2,(H,22,25). The van der Waals surface area contributed by atoms with Crippen molar-refractivity contribution in [2.24, 2.45) is 0 Å². The summed E-state index contributed by atoms with van der Waals surface area (Å²) in [6, 6.07) is 13.0. The molecule has 5 nitrogen and oxygen atoms in total. The first-order chi connectivity index (χ1) is 12.6. The van der Waals surface area contributed by atoms with Gasteiger partial charge < -0.3 is 15.0 Å². The maximum Gasteiger partial charge on any atom is 0.224 e. The fourth-order valence-electron chi connectivity index (χ4n) is 2.88. The number of halogens is 1. The minimum absolute atomic E-state index is 0.0770. The van der Waals surface area contributed by atoms with Gasteiger partial charge in [-0.3, -0.25) is 9.59 Å². The zero-order chi connectivity index (χ0) is 18.4. The Morgan fingerprint density at radius 1 is 1.00 bits per heavy atom.